The van der Waals surface area contributed by atoms with Gasteiger partial charge in [-0.3, -0.25) is 4.90 Å². The van der Waals surface area contributed by atoms with Crippen molar-refractivity contribution >= 4 is 0 Å². The lowest BCUT2D eigenvalue weighted by atomic mass is 10.0. The van der Waals surface area contributed by atoms with Crippen molar-refractivity contribution in [3.05, 3.63) is 41.0 Å². The molecule has 2 aliphatic rings. The van der Waals surface area contributed by atoms with Gasteiger partial charge in [0, 0.05) is 19.5 Å². The highest BCUT2D eigenvalue weighted by Gasteiger charge is 2.35. The van der Waals surface area contributed by atoms with Gasteiger partial charge in [0.05, 0.1) is 19.3 Å². The number of fused-ring (bicyclic) bond motifs is 1. The van der Waals surface area contributed by atoms with E-state index in [0.29, 0.717) is 11.7 Å². The van der Waals surface area contributed by atoms with Crippen molar-refractivity contribution in [2.45, 2.75) is 39.0 Å². The highest BCUT2D eigenvalue weighted by atomic mass is 16.5. The lowest BCUT2D eigenvalue weighted by Gasteiger charge is -2.37. The van der Waals surface area contributed by atoms with E-state index in [4.69, 9.17) is 14.0 Å². The molecule has 23 heavy (non-hydrogen) atoms. The highest BCUT2D eigenvalue weighted by Crippen LogP contribution is 2.31. The SMILES string of the molecule is Cc1noc([C@@H]2[C@@H](C)OCCN2Cc2ccc3c(c2)CCO3)n1. The van der Waals surface area contributed by atoms with E-state index in [0.717, 1.165) is 38.5 Å². The summed E-state index contributed by atoms with van der Waals surface area (Å²) in [4.78, 5) is 6.77. The number of hydrogen-bond acceptors (Lipinski definition) is 6. The predicted molar refractivity (Wildman–Crippen MR) is 83.2 cm³/mol. The molecule has 0 radical (unpaired) electrons. The molecule has 1 aromatic carbocycles. The third-order valence-corrected chi connectivity index (χ3v) is 4.53. The Morgan fingerprint density at radius 2 is 2.22 bits per heavy atom. The van der Waals surface area contributed by atoms with E-state index in [9.17, 15) is 0 Å². The van der Waals surface area contributed by atoms with Gasteiger partial charge < -0.3 is 14.0 Å². The van der Waals surface area contributed by atoms with E-state index in [1.807, 2.05) is 6.92 Å². The van der Waals surface area contributed by atoms with Crippen molar-refractivity contribution in [2.75, 3.05) is 19.8 Å². The summed E-state index contributed by atoms with van der Waals surface area (Å²) in [5.41, 5.74) is 2.58. The number of benzene rings is 1. The summed E-state index contributed by atoms with van der Waals surface area (Å²) in [6.07, 6.45) is 1.02. The molecule has 1 aromatic heterocycles. The number of rotatable bonds is 3. The average molecular weight is 315 g/mol. The first kappa shape index (κ1) is 14.7. The molecule has 0 saturated carbocycles. The van der Waals surface area contributed by atoms with E-state index < -0.39 is 0 Å². The largest absolute Gasteiger partial charge is 0.493 e. The maximum Gasteiger partial charge on any atom is 0.246 e. The number of aromatic nitrogens is 2. The van der Waals surface area contributed by atoms with Crippen LogP contribution in [0.15, 0.2) is 22.7 Å². The second kappa shape index (κ2) is 5.94. The minimum atomic E-state index is -0.00513. The third kappa shape index (κ3) is 2.84. The molecular weight excluding hydrogens is 294 g/mol. The highest BCUT2D eigenvalue weighted by molar-refractivity contribution is 5.39. The predicted octanol–water partition coefficient (Wildman–Crippen LogP) is 2.27. The Morgan fingerprint density at radius 3 is 3.04 bits per heavy atom. The van der Waals surface area contributed by atoms with E-state index in [-0.39, 0.29) is 12.1 Å². The van der Waals surface area contributed by atoms with Gasteiger partial charge in [0.1, 0.15) is 11.8 Å². The van der Waals surface area contributed by atoms with Gasteiger partial charge in [0.25, 0.3) is 0 Å². The molecule has 2 aromatic rings. The smallest absolute Gasteiger partial charge is 0.246 e. The molecule has 0 amide bonds. The van der Waals surface area contributed by atoms with Gasteiger partial charge in [0.15, 0.2) is 5.82 Å². The molecule has 6 nitrogen and oxygen atoms in total. The maximum absolute atomic E-state index is 5.81. The summed E-state index contributed by atoms with van der Waals surface area (Å²) in [7, 11) is 0. The standard InChI is InChI=1S/C17H21N3O3/c1-11-16(17-18-12(2)19-23-17)20(6-8-21-11)10-13-3-4-15-14(9-13)5-7-22-15/h3-4,9,11,16H,5-8,10H2,1-2H3/t11-,16+/m1/s1. The van der Waals surface area contributed by atoms with Crippen LogP contribution in [0.3, 0.4) is 0 Å². The Balaban J connectivity index is 1.58. The Labute approximate surface area is 135 Å². The Morgan fingerprint density at radius 1 is 1.30 bits per heavy atom. The van der Waals surface area contributed by atoms with Gasteiger partial charge in [-0.15, -0.1) is 0 Å². The van der Waals surface area contributed by atoms with Crippen molar-refractivity contribution in [2.24, 2.45) is 0 Å². The molecule has 2 atom stereocenters. The summed E-state index contributed by atoms with van der Waals surface area (Å²) >= 11 is 0. The van der Waals surface area contributed by atoms with E-state index >= 15 is 0 Å². The zero-order valence-corrected chi connectivity index (χ0v) is 13.5. The number of ether oxygens (including phenoxy) is 2. The first-order valence-corrected chi connectivity index (χ1v) is 8.11. The van der Waals surface area contributed by atoms with Gasteiger partial charge >= 0.3 is 0 Å². The maximum atomic E-state index is 5.81. The van der Waals surface area contributed by atoms with Gasteiger partial charge in [0.2, 0.25) is 5.89 Å². The second-order valence-corrected chi connectivity index (χ2v) is 6.21. The van der Waals surface area contributed by atoms with Gasteiger partial charge in [-0.25, -0.2) is 0 Å². The monoisotopic (exact) mass is 315 g/mol. The Kier molecular flexibility index (Phi) is 3.79. The molecule has 0 spiro atoms. The van der Waals surface area contributed by atoms with E-state index in [1.54, 1.807) is 0 Å². The molecule has 3 heterocycles. The van der Waals surface area contributed by atoms with Crippen molar-refractivity contribution in [3.63, 3.8) is 0 Å². The number of aryl methyl sites for hydroxylation is 1. The van der Waals surface area contributed by atoms with Crippen LogP contribution in [0.5, 0.6) is 5.75 Å². The number of nitrogens with zero attached hydrogens (tertiary/aromatic N) is 3. The van der Waals surface area contributed by atoms with E-state index in [2.05, 4.69) is 40.2 Å². The van der Waals surface area contributed by atoms with Crippen LogP contribution in [0.2, 0.25) is 0 Å². The fraction of sp³-hybridized carbons (Fsp3) is 0.529. The van der Waals surface area contributed by atoms with Crippen LogP contribution in [-0.2, 0) is 17.7 Å². The second-order valence-electron chi connectivity index (χ2n) is 6.21. The van der Waals surface area contributed by atoms with Crippen molar-refractivity contribution in [3.8, 4) is 5.75 Å². The molecular formula is C17H21N3O3. The lowest BCUT2D eigenvalue weighted by Crippen LogP contribution is -2.43. The van der Waals surface area contributed by atoms with Crippen LogP contribution in [0.25, 0.3) is 0 Å². The Bertz CT molecular complexity index is 700. The molecule has 0 bridgehead atoms. The summed E-state index contributed by atoms with van der Waals surface area (Å²) in [6.45, 7) is 7.10. The molecule has 122 valence electrons. The first-order chi connectivity index (χ1) is 11.2. The van der Waals surface area contributed by atoms with Crippen LogP contribution >= 0.6 is 0 Å². The normalized spacial score (nSPS) is 24.4. The summed E-state index contributed by atoms with van der Waals surface area (Å²) in [5.74, 6) is 2.32. The molecule has 4 rings (SSSR count). The van der Waals surface area contributed by atoms with Crippen molar-refractivity contribution in [1.29, 1.82) is 0 Å². The third-order valence-electron chi connectivity index (χ3n) is 4.53. The molecule has 0 N–H and O–H groups in total. The minimum absolute atomic E-state index is 0.00513. The summed E-state index contributed by atoms with van der Waals surface area (Å²) in [5, 5.41) is 3.93. The average Bonchev–Trinajstić information content (AvgIpc) is 3.16. The molecule has 1 saturated heterocycles. The molecule has 6 heteroatoms. The van der Waals surface area contributed by atoms with Crippen LogP contribution in [0, 0.1) is 6.92 Å². The first-order valence-electron chi connectivity index (χ1n) is 8.11. The molecule has 0 unspecified atom stereocenters. The molecule has 2 aliphatic heterocycles. The topological polar surface area (TPSA) is 60.6 Å². The zero-order chi connectivity index (χ0) is 15.8. The summed E-state index contributed by atoms with van der Waals surface area (Å²) in [6, 6.07) is 6.46. The lowest BCUT2D eigenvalue weighted by molar-refractivity contribution is -0.0763. The number of hydrogen-bond donors (Lipinski definition) is 0. The molecule has 1 fully saturated rings. The van der Waals surface area contributed by atoms with Gasteiger partial charge in [-0.2, -0.15) is 4.98 Å². The van der Waals surface area contributed by atoms with Crippen LogP contribution in [-0.4, -0.2) is 40.9 Å². The fourth-order valence-electron chi connectivity index (χ4n) is 3.42. The summed E-state index contributed by atoms with van der Waals surface area (Å²) < 4.78 is 16.8. The van der Waals surface area contributed by atoms with Crippen LogP contribution in [0.4, 0.5) is 0 Å². The Hall–Kier alpha value is -1.92. The number of morpholine rings is 1. The van der Waals surface area contributed by atoms with Gasteiger partial charge in [-0.1, -0.05) is 17.3 Å². The quantitative estimate of drug-likeness (QED) is 0.866. The zero-order valence-electron chi connectivity index (χ0n) is 13.5. The fourth-order valence-corrected chi connectivity index (χ4v) is 3.42. The van der Waals surface area contributed by atoms with Crippen molar-refractivity contribution in [1.82, 2.24) is 15.0 Å². The van der Waals surface area contributed by atoms with Gasteiger partial charge in [-0.05, 0) is 31.0 Å². The van der Waals surface area contributed by atoms with E-state index in [1.165, 1.54) is 11.1 Å². The van der Waals surface area contributed by atoms with Crippen LogP contribution < -0.4 is 4.74 Å². The van der Waals surface area contributed by atoms with Crippen molar-refractivity contribution < 1.29 is 14.0 Å². The minimum Gasteiger partial charge on any atom is -0.493 e. The molecule has 0 aliphatic carbocycles. The van der Waals surface area contributed by atoms with Crippen LogP contribution in [0.1, 0.15) is 35.8 Å².